The van der Waals surface area contributed by atoms with Crippen LogP contribution in [0.1, 0.15) is 24.8 Å². The highest BCUT2D eigenvalue weighted by Crippen LogP contribution is 2.30. The Morgan fingerprint density at radius 1 is 1.33 bits per heavy atom. The lowest BCUT2D eigenvalue weighted by Gasteiger charge is -2.37. The monoisotopic (exact) mass is 246 g/mol. The zero-order valence-electron chi connectivity index (χ0n) is 10.8. The van der Waals surface area contributed by atoms with Gasteiger partial charge in [0.25, 0.3) is 0 Å². The fraction of sp³-hybridized carbons (Fsp3) is 0.600. The number of rotatable bonds is 2. The van der Waals surface area contributed by atoms with Gasteiger partial charge in [-0.15, -0.1) is 0 Å². The van der Waals surface area contributed by atoms with Crippen molar-refractivity contribution >= 4 is 0 Å². The van der Waals surface area contributed by atoms with Crippen molar-refractivity contribution in [3.8, 4) is 0 Å². The molecule has 0 radical (unpaired) electrons. The zero-order valence-corrected chi connectivity index (χ0v) is 10.8. The molecule has 3 rings (SSSR count). The van der Waals surface area contributed by atoms with Gasteiger partial charge in [0, 0.05) is 25.2 Å². The van der Waals surface area contributed by atoms with Gasteiger partial charge in [-0.25, -0.2) is 0 Å². The Balaban J connectivity index is 1.61. The third-order valence-electron chi connectivity index (χ3n) is 4.29. The minimum absolute atomic E-state index is 0.108. The molecule has 0 aromatic heterocycles. The average Bonchev–Trinajstić information content (AvgIpc) is 2.73. The summed E-state index contributed by atoms with van der Waals surface area (Å²) in [5.74, 6) is 0. The Labute approximate surface area is 109 Å². The highest BCUT2D eigenvalue weighted by Gasteiger charge is 2.41. The van der Waals surface area contributed by atoms with Crippen molar-refractivity contribution < 1.29 is 5.11 Å². The maximum absolute atomic E-state index is 9.85. The number of hydrogen-bond acceptors (Lipinski definition) is 3. The average molecular weight is 246 g/mol. The molecule has 3 heteroatoms. The molecule has 1 aromatic carbocycles. The lowest BCUT2D eigenvalue weighted by atomic mass is 9.86. The maximum atomic E-state index is 9.85. The number of hydrogen-bond donors (Lipinski definition) is 2. The van der Waals surface area contributed by atoms with Crippen LogP contribution in [0.4, 0.5) is 0 Å². The molecule has 1 aromatic rings. The fourth-order valence-electron chi connectivity index (χ4n) is 3.37. The van der Waals surface area contributed by atoms with E-state index in [0.717, 1.165) is 45.4 Å². The highest BCUT2D eigenvalue weighted by molar-refractivity contribution is 5.15. The van der Waals surface area contributed by atoms with Crippen LogP contribution in [-0.4, -0.2) is 41.3 Å². The van der Waals surface area contributed by atoms with Crippen molar-refractivity contribution in [3.63, 3.8) is 0 Å². The van der Waals surface area contributed by atoms with Crippen LogP contribution in [0.3, 0.4) is 0 Å². The molecule has 3 nitrogen and oxygen atoms in total. The summed E-state index contributed by atoms with van der Waals surface area (Å²) in [6.07, 6.45) is 2.87. The Kier molecular flexibility index (Phi) is 3.37. The second kappa shape index (κ2) is 5.00. The van der Waals surface area contributed by atoms with Crippen LogP contribution in [0.5, 0.6) is 0 Å². The first-order valence-electron chi connectivity index (χ1n) is 6.95. The van der Waals surface area contributed by atoms with Gasteiger partial charge >= 0.3 is 0 Å². The molecule has 0 bridgehead atoms. The van der Waals surface area contributed by atoms with Gasteiger partial charge in [0.2, 0.25) is 0 Å². The predicted octanol–water partition coefficient (Wildman–Crippen LogP) is 1.38. The SMILES string of the molecule is OC1CCNC2(CCN(Cc3ccccc3)C2)C1. The zero-order chi connectivity index (χ0) is 12.4. The first kappa shape index (κ1) is 12.2. The Hall–Kier alpha value is -0.900. The van der Waals surface area contributed by atoms with Gasteiger partial charge in [0.15, 0.2) is 0 Å². The van der Waals surface area contributed by atoms with Gasteiger partial charge in [0.1, 0.15) is 0 Å². The molecule has 18 heavy (non-hydrogen) atoms. The van der Waals surface area contributed by atoms with Crippen molar-refractivity contribution in [1.82, 2.24) is 10.2 Å². The number of benzene rings is 1. The second-order valence-corrected chi connectivity index (χ2v) is 5.80. The molecular weight excluding hydrogens is 224 g/mol. The van der Waals surface area contributed by atoms with Crippen LogP contribution in [0.25, 0.3) is 0 Å². The van der Waals surface area contributed by atoms with Gasteiger partial charge in [0.05, 0.1) is 6.10 Å². The molecule has 1 spiro atoms. The van der Waals surface area contributed by atoms with E-state index >= 15 is 0 Å². The number of aliphatic hydroxyl groups excluding tert-OH is 1. The number of aliphatic hydroxyl groups is 1. The standard InChI is InChI=1S/C15H22N2O/c18-14-6-8-16-15(10-14)7-9-17(12-15)11-13-4-2-1-3-5-13/h1-5,14,16,18H,6-12H2. The smallest absolute Gasteiger partial charge is 0.0570 e. The first-order chi connectivity index (χ1) is 8.76. The molecule has 98 valence electrons. The molecule has 2 saturated heterocycles. The molecule has 0 saturated carbocycles. The summed E-state index contributed by atoms with van der Waals surface area (Å²) in [5, 5.41) is 13.5. The van der Waals surface area contributed by atoms with E-state index in [9.17, 15) is 5.11 Å². The first-order valence-corrected chi connectivity index (χ1v) is 6.95. The van der Waals surface area contributed by atoms with E-state index in [1.165, 1.54) is 5.56 Å². The predicted molar refractivity (Wildman–Crippen MR) is 72.3 cm³/mol. The Morgan fingerprint density at radius 3 is 2.94 bits per heavy atom. The van der Waals surface area contributed by atoms with Gasteiger partial charge in [-0.2, -0.15) is 0 Å². The lowest BCUT2D eigenvalue weighted by Crippen LogP contribution is -2.54. The number of likely N-dealkylation sites (tertiary alicyclic amines) is 1. The third-order valence-corrected chi connectivity index (χ3v) is 4.29. The summed E-state index contributed by atoms with van der Waals surface area (Å²) in [6.45, 7) is 4.19. The van der Waals surface area contributed by atoms with Crippen LogP contribution in [0.2, 0.25) is 0 Å². The number of nitrogens with one attached hydrogen (secondary N) is 1. The van der Waals surface area contributed by atoms with Crippen LogP contribution < -0.4 is 5.32 Å². The molecule has 2 unspecified atom stereocenters. The molecule has 2 N–H and O–H groups in total. The van der Waals surface area contributed by atoms with E-state index in [4.69, 9.17) is 0 Å². The van der Waals surface area contributed by atoms with Gasteiger partial charge in [-0.05, 0) is 31.4 Å². The lowest BCUT2D eigenvalue weighted by molar-refractivity contribution is 0.0792. The summed E-state index contributed by atoms with van der Waals surface area (Å²) < 4.78 is 0. The van der Waals surface area contributed by atoms with E-state index < -0.39 is 0 Å². The second-order valence-electron chi connectivity index (χ2n) is 5.80. The Morgan fingerprint density at radius 2 is 2.17 bits per heavy atom. The van der Waals surface area contributed by atoms with Gasteiger partial charge in [-0.3, -0.25) is 4.90 Å². The van der Waals surface area contributed by atoms with E-state index in [2.05, 4.69) is 40.5 Å². The van der Waals surface area contributed by atoms with E-state index in [1.54, 1.807) is 0 Å². The molecule has 2 atom stereocenters. The van der Waals surface area contributed by atoms with E-state index in [1.807, 2.05) is 0 Å². The highest BCUT2D eigenvalue weighted by atomic mass is 16.3. The summed E-state index contributed by atoms with van der Waals surface area (Å²) in [4.78, 5) is 2.50. The van der Waals surface area contributed by atoms with Crippen molar-refractivity contribution in [2.24, 2.45) is 0 Å². The minimum atomic E-state index is -0.108. The van der Waals surface area contributed by atoms with Crippen LogP contribution >= 0.6 is 0 Å². The van der Waals surface area contributed by atoms with Gasteiger partial charge in [-0.1, -0.05) is 30.3 Å². The van der Waals surface area contributed by atoms with Crippen molar-refractivity contribution in [2.45, 2.75) is 37.5 Å². The maximum Gasteiger partial charge on any atom is 0.0570 e. The molecule has 2 fully saturated rings. The fourth-order valence-corrected chi connectivity index (χ4v) is 3.37. The molecule has 2 aliphatic rings. The van der Waals surface area contributed by atoms with E-state index in [0.29, 0.717) is 0 Å². The van der Waals surface area contributed by atoms with Crippen LogP contribution in [-0.2, 0) is 6.54 Å². The van der Waals surface area contributed by atoms with Crippen molar-refractivity contribution in [3.05, 3.63) is 35.9 Å². The largest absolute Gasteiger partial charge is 0.393 e. The van der Waals surface area contributed by atoms with Crippen molar-refractivity contribution in [2.75, 3.05) is 19.6 Å². The summed E-state index contributed by atoms with van der Waals surface area (Å²) in [7, 11) is 0. The summed E-state index contributed by atoms with van der Waals surface area (Å²) in [5.41, 5.74) is 1.55. The Bertz CT molecular complexity index is 395. The summed E-state index contributed by atoms with van der Waals surface area (Å²) in [6, 6.07) is 10.6. The summed E-state index contributed by atoms with van der Waals surface area (Å²) >= 11 is 0. The van der Waals surface area contributed by atoms with Crippen molar-refractivity contribution in [1.29, 1.82) is 0 Å². The normalized spacial score (nSPS) is 33.1. The molecule has 0 aliphatic carbocycles. The number of nitrogens with zero attached hydrogens (tertiary/aromatic N) is 1. The van der Waals surface area contributed by atoms with Crippen LogP contribution in [0, 0.1) is 0 Å². The third kappa shape index (κ3) is 2.58. The minimum Gasteiger partial charge on any atom is -0.393 e. The molecule has 2 heterocycles. The topological polar surface area (TPSA) is 35.5 Å². The quantitative estimate of drug-likeness (QED) is 0.827. The van der Waals surface area contributed by atoms with E-state index in [-0.39, 0.29) is 11.6 Å². The molecule has 0 amide bonds. The number of piperidine rings is 1. The molecular formula is C15H22N2O. The molecule has 2 aliphatic heterocycles. The van der Waals surface area contributed by atoms with Gasteiger partial charge < -0.3 is 10.4 Å². The van der Waals surface area contributed by atoms with Crippen LogP contribution in [0.15, 0.2) is 30.3 Å².